The van der Waals surface area contributed by atoms with Gasteiger partial charge in [-0.2, -0.15) is 0 Å². The summed E-state index contributed by atoms with van der Waals surface area (Å²) in [5.41, 5.74) is -0.353. The summed E-state index contributed by atoms with van der Waals surface area (Å²) in [6.07, 6.45) is 10.3. The molecule has 3 atom stereocenters. The van der Waals surface area contributed by atoms with E-state index in [0.29, 0.717) is 11.8 Å². The highest BCUT2D eigenvalue weighted by molar-refractivity contribution is 5.73. The molecule has 1 fully saturated rings. The molecule has 0 N–H and O–H groups in total. The molecule has 0 aromatic heterocycles. The fourth-order valence-electron chi connectivity index (χ4n) is 3.18. The Morgan fingerprint density at radius 1 is 1.16 bits per heavy atom. The Balaban J connectivity index is 0.00000162. The molecule has 112 valence electrons. The Kier molecular flexibility index (Phi) is 6.82. The van der Waals surface area contributed by atoms with Gasteiger partial charge >= 0.3 is 5.97 Å². The minimum Gasteiger partial charge on any atom is -0.460 e. The maximum absolute atomic E-state index is 12.2. The van der Waals surface area contributed by atoms with E-state index in [1.165, 1.54) is 6.42 Å². The Bertz CT molecular complexity index is 312. The first-order valence-electron chi connectivity index (χ1n) is 6.87. The fraction of sp³-hybridized carbons (Fsp3) is 0.824. The van der Waals surface area contributed by atoms with Gasteiger partial charge in [-0.3, -0.25) is 4.79 Å². The molecule has 2 aliphatic carbocycles. The zero-order chi connectivity index (χ0) is 12.5. The van der Waals surface area contributed by atoms with E-state index in [1.54, 1.807) is 0 Å². The first kappa shape index (κ1) is 18.2. The monoisotopic (exact) mass is 268 g/mol. The van der Waals surface area contributed by atoms with Crippen molar-refractivity contribution in [1.29, 1.82) is 0 Å². The second-order valence-corrected chi connectivity index (χ2v) is 6.40. The lowest BCUT2D eigenvalue weighted by atomic mass is 9.68. The van der Waals surface area contributed by atoms with Crippen LogP contribution in [0.4, 0.5) is 0 Å². The van der Waals surface area contributed by atoms with Crippen LogP contribution in [0.3, 0.4) is 0 Å². The van der Waals surface area contributed by atoms with Gasteiger partial charge in [-0.25, -0.2) is 0 Å². The molecule has 2 rings (SSSR count). The third-order valence-corrected chi connectivity index (χ3v) is 3.88. The molecule has 1 saturated carbocycles. The van der Waals surface area contributed by atoms with Crippen molar-refractivity contribution in [2.45, 2.75) is 73.3 Å². The summed E-state index contributed by atoms with van der Waals surface area (Å²) in [4.78, 5) is 12.2. The van der Waals surface area contributed by atoms with E-state index in [0.717, 1.165) is 25.7 Å². The molecule has 19 heavy (non-hydrogen) atoms. The van der Waals surface area contributed by atoms with Crippen molar-refractivity contribution in [2.24, 2.45) is 17.8 Å². The molecule has 2 heteroatoms. The third-order valence-electron chi connectivity index (χ3n) is 3.88. The Hall–Kier alpha value is -0.790. The third kappa shape index (κ3) is 4.67. The average molecular weight is 268 g/mol. The van der Waals surface area contributed by atoms with Gasteiger partial charge in [0.1, 0.15) is 5.60 Å². The molecule has 0 amide bonds. The van der Waals surface area contributed by atoms with Crippen LogP contribution in [0.5, 0.6) is 0 Å². The van der Waals surface area contributed by atoms with Gasteiger partial charge in [0.2, 0.25) is 0 Å². The number of rotatable bonds is 1. The van der Waals surface area contributed by atoms with Gasteiger partial charge in [0.25, 0.3) is 0 Å². The lowest BCUT2D eigenvalue weighted by molar-refractivity contribution is -0.164. The molecule has 0 spiro atoms. The smallest absolute Gasteiger partial charge is 0.309 e. The SMILES string of the molecule is C.C.CC(C)(C)OC(=O)C1CCCC2C=CCCC21. The van der Waals surface area contributed by atoms with E-state index in [1.807, 2.05) is 20.8 Å². The molecule has 0 bridgehead atoms. The standard InChI is InChI=1S/C15H24O2.2CH4/c1-15(2,3)17-14(16)13-10-6-8-11-7-4-5-9-12(11)13;;/h4,7,11-13H,5-6,8-10H2,1-3H3;2*1H4. The maximum atomic E-state index is 12.2. The van der Waals surface area contributed by atoms with E-state index in [9.17, 15) is 4.79 Å². The van der Waals surface area contributed by atoms with Gasteiger partial charge in [-0.15, -0.1) is 0 Å². The molecule has 2 aliphatic rings. The second-order valence-electron chi connectivity index (χ2n) is 6.40. The van der Waals surface area contributed by atoms with Crippen molar-refractivity contribution < 1.29 is 9.53 Å². The van der Waals surface area contributed by atoms with Gasteiger partial charge < -0.3 is 4.74 Å². The Labute approximate surface area is 119 Å². The van der Waals surface area contributed by atoms with E-state index < -0.39 is 0 Å². The summed E-state index contributed by atoms with van der Waals surface area (Å²) in [6.45, 7) is 5.85. The number of esters is 1. The van der Waals surface area contributed by atoms with Crippen LogP contribution < -0.4 is 0 Å². The van der Waals surface area contributed by atoms with E-state index in [2.05, 4.69) is 12.2 Å². The van der Waals surface area contributed by atoms with Gasteiger partial charge in [0.15, 0.2) is 0 Å². The molecule has 0 saturated heterocycles. The largest absolute Gasteiger partial charge is 0.460 e. The number of allylic oxidation sites excluding steroid dienone is 2. The van der Waals surface area contributed by atoms with E-state index in [4.69, 9.17) is 4.74 Å². The number of ether oxygens (including phenoxy) is 1. The zero-order valence-corrected chi connectivity index (χ0v) is 11.2. The summed E-state index contributed by atoms with van der Waals surface area (Å²) in [7, 11) is 0. The first-order valence-corrected chi connectivity index (χ1v) is 6.87. The predicted molar refractivity (Wildman–Crippen MR) is 82.0 cm³/mol. The maximum Gasteiger partial charge on any atom is 0.309 e. The molecule has 0 radical (unpaired) electrons. The fourth-order valence-corrected chi connectivity index (χ4v) is 3.18. The molecule has 0 heterocycles. The molecule has 2 nitrogen and oxygen atoms in total. The highest BCUT2D eigenvalue weighted by Crippen LogP contribution is 2.41. The van der Waals surface area contributed by atoms with Crippen LogP contribution in [0.1, 0.15) is 67.7 Å². The Morgan fingerprint density at radius 3 is 2.47 bits per heavy atom. The molecular formula is C17H32O2. The Morgan fingerprint density at radius 2 is 1.84 bits per heavy atom. The van der Waals surface area contributed by atoms with Gasteiger partial charge in [-0.1, -0.05) is 33.4 Å². The number of hydrogen-bond donors (Lipinski definition) is 0. The topological polar surface area (TPSA) is 26.3 Å². The predicted octanol–water partition coefficient (Wildman–Crippen LogP) is 4.98. The first-order chi connectivity index (χ1) is 7.97. The number of hydrogen-bond acceptors (Lipinski definition) is 2. The van der Waals surface area contributed by atoms with Crippen molar-refractivity contribution in [2.75, 3.05) is 0 Å². The van der Waals surface area contributed by atoms with Crippen LogP contribution in [0.15, 0.2) is 12.2 Å². The van der Waals surface area contributed by atoms with Crippen LogP contribution in [-0.4, -0.2) is 11.6 Å². The minimum absolute atomic E-state index is 0. The summed E-state index contributed by atoms with van der Waals surface area (Å²) < 4.78 is 5.56. The van der Waals surface area contributed by atoms with Crippen LogP contribution >= 0.6 is 0 Å². The number of carbonyl (C=O) groups is 1. The average Bonchev–Trinajstić information content (AvgIpc) is 2.26. The van der Waals surface area contributed by atoms with Crippen molar-refractivity contribution in [1.82, 2.24) is 0 Å². The lowest BCUT2D eigenvalue weighted by Crippen LogP contribution is -2.38. The highest BCUT2D eigenvalue weighted by atomic mass is 16.6. The molecule has 3 unspecified atom stereocenters. The summed E-state index contributed by atoms with van der Waals surface area (Å²) in [6, 6.07) is 0. The lowest BCUT2D eigenvalue weighted by Gasteiger charge is -2.38. The van der Waals surface area contributed by atoms with Crippen LogP contribution in [0.25, 0.3) is 0 Å². The molecule has 0 aromatic rings. The quantitative estimate of drug-likeness (QED) is 0.495. The van der Waals surface area contributed by atoms with Crippen molar-refractivity contribution in [3.8, 4) is 0 Å². The van der Waals surface area contributed by atoms with Crippen LogP contribution in [0, 0.1) is 17.8 Å². The van der Waals surface area contributed by atoms with Crippen molar-refractivity contribution in [3.05, 3.63) is 12.2 Å². The second kappa shape index (κ2) is 7.12. The number of carbonyl (C=O) groups excluding carboxylic acids is 1. The highest BCUT2D eigenvalue weighted by Gasteiger charge is 2.38. The summed E-state index contributed by atoms with van der Waals surface area (Å²) in [5, 5.41) is 0. The molecule has 0 aromatic carbocycles. The van der Waals surface area contributed by atoms with Gasteiger partial charge in [-0.05, 0) is 58.3 Å². The van der Waals surface area contributed by atoms with Gasteiger partial charge in [0.05, 0.1) is 5.92 Å². The van der Waals surface area contributed by atoms with E-state index >= 15 is 0 Å². The molecular weight excluding hydrogens is 236 g/mol. The summed E-state index contributed by atoms with van der Waals surface area (Å²) >= 11 is 0. The minimum atomic E-state index is -0.353. The van der Waals surface area contributed by atoms with Crippen LogP contribution in [-0.2, 0) is 9.53 Å². The van der Waals surface area contributed by atoms with Gasteiger partial charge in [0, 0.05) is 0 Å². The number of fused-ring (bicyclic) bond motifs is 1. The molecule has 0 aliphatic heterocycles. The zero-order valence-electron chi connectivity index (χ0n) is 11.2. The van der Waals surface area contributed by atoms with E-state index in [-0.39, 0.29) is 32.3 Å². The normalized spacial score (nSPS) is 29.5. The van der Waals surface area contributed by atoms with Crippen molar-refractivity contribution >= 4 is 5.97 Å². The van der Waals surface area contributed by atoms with Crippen LogP contribution in [0.2, 0.25) is 0 Å². The summed E-state index contributed by atoms with van der Waals surface area (Å²) in [5.74, 6) is 1.32. The van der Waals surface area contributed by atoms with Crippen molar-refractivity contribution in [3.63, 3.8) is 0 Å².